The molecule has 0 aliphatic rings. The molecule has 2 aromatic heterocycles. The van der Waals surface area contributed by atoms with Crippen LogP contribution in [0.2, 0.25) is 0 Å². The number of hydrogen-bond acceptors (Lipinski definition) is 4. The predicted molar refractivity (Wildman–Crippen MR) is 102 cm³/mol. The summed E-state index contributed by atoms with van der Waals surface area (Å²) in [6.07, 6.45) is 0.658. The Bertz CT molecular complexity index is 930. The van der Waals surface area contributed by atoms with Gasteiger partial charge in [-0.1, -0.05) is 17.7 Å². The molecule has 0 atom stereocenters. The van der Waals surface area contributed by atoms with Gasteiger partial charge >= 0.3 is 0 Å². The quantitative estimate of drug-likeness (QED) is 0.755. The number of nitrogens with one attached hydrogen (secondary N) is 1. The average Bonchev–Trinajstić information content (AvgIpc) is 2.98. The Balaban J connectivity index is 1.76. The van der Waals surface area contributed by atoms with Gasteiger partial charge in [-0.2, -0.15) is 0 Å². The summed E-state index contributed by atoms with van der Waals surface area (Å²) in [5.41, 5.74) is 6.55. The Kier molecular flexibility index (Phi) is 4.89. The fourth-order valence-electron chi connectivity index (χ4n) is 3.20. The smallest absolute Gasteiger partial charge is 0.293 e. The highest BCUT2D eigenvalue weighted by Gasteiger charge is 2.15. The van der Waals surface area contributed by atoms with E-state index in [1.54, 1.807) is 6.07 Å². The minimum atomic E-state index is -0.349. The average molecular weight is 349 g/mol. The van der Waals surface area contributed by atoms with E-state index < -0.39 is 0 Å². The second kappa shape index (κ2) is 7.12. The molecule has 3 aromatic rings. The van der Waals surface area contributed by atoms with Gasteiger partial charge in [-0.25, -0.2) is 9.97 Å². The van der Waals surface area contributed by atoms with Crippen LogP contribution in [0.15, 0.2) is 34.7 Å². The van der Waals surface area contributed by atoms with Crippen LogP contribution in [0.4, 0.5) is 5.95 Å². The molecule has 5 nitrogen and oxygen atoms in total. The van der Waals surface area contributed by atoms with Crippen molar-refractivity contribution in [3.8, 4) is 0 Å². The summed E-state index contributed by atoms with van der Waals surface area (Å²) in [7, 11) is 0. The number of aromatic nitrogens is 2. The van der Waals surface area contributed by atoms with Gasteiger partial charge in [0.15, 0.2) is 5.76 Å². The SMILES string of the molecule is Cc1cc(C)c(Cc2ccc(C(=O)Nc3nc(C)cc(C)n3)o2)c(C)c1. The van der Waals surface area contributed by atoms with Crippen LogP contribution in [0.3, 0.4) is 0 Å². The summed E-state index contributed by atoms with van der Waals surface area (Å²) in [5.74, 6) is 0.950. The normalized spacial score (nSPS) is 10.8. The highest BCUT2D eigenvalue weighted by atomic mass is 16.3. The number of anilines is 1. The van der Waals surface area contributed by atoms with Crippen LogP contribution in [0.5, 0.6) is 0 Å². The summed E-state index contributed by atoms with van der Waals surface area (Å²) in [6, 6.07) is 9.71. The van der Waals surface area contributed by atoms with Crippen LogP contribution in [-0.2, 0) is 6.42 Å². The first-order valence-electron chi connectivity index (χ1n) is 8.61. The van der Waals surface area contributed by atoms with Gasteiger partial charge in [-0.3, -0.25) is 10.1 Å². The summed E-state index contributed by atoms with van der Waals surface area (Å²) in [6.45, 7) is 10.0. The Morgan fingerprint density at radius 1 is 0.962 bits per heavy atom. The van der Waals surface area contributed by atoms with Crippen molar-refractivity contribution in [1.29, 1.82) is 0 Å². The van der Waals surface area contributed by atoms with Gasteiger partial charge in [0.05, 0.1) is 0 Å². The van der Waals surface area contributed by atoms with Crippen molar-refractivity contribution in [3.63, 3.8) is 0 Å². The summed E-state index contributed by atoms with van der Waals surface area (Å²) < 4.78 is 5.75. The van der Waals surface area contributed by atoms with E-state index in [0.717, 1.165) is 17.1 Å². The van der Waals surface area contributed by atoms with Crippen LogP contribution in [0.25, 0.3) is 0 Å². The van der Waals surface area contributed by atoms with Gasteiger partial charge in [0.1, 0.15) is 5.76 Å². The zero-order valence-electron chi connectivity index (χ0n) is 15.8. The fourth-order valence-corrected chi connectivity index (χ4v) is 3.20. The van der Waals surface area contributed by atoms with Gasteiger partial charge in [-0.05, 0) is 69.5 Å². The number of hydrogen-bond donors (Lipinski definition) is 1. The van der Waals surface area contributed by atoms with Crippen LogP contribution in [0, 0.1) is 34.6 Å². The number of amides is 1. The van der Waals surface area contributed by atoms with Gasteiger partial charge < -0.3 is 4.42 Å². The minimum Gasteiger partial charge on any atom is -0.456 e. The summed E-state index contributed by atoms with van der Waals surface area (Å²) >= 11 is 0. The van der Waals surface area contributed by atoms with Gasteiger partial charge in [0.25, 0.3) is 5.91 Å². The molecule has 1 aromatic carbocycles. The Morgan fingerprint density at radius 2 is 1.58 bits per heavy atom. The minimum absolute atomic E-state index is 0.255. The number of aryl methyl sites for hydroxylation is 5. The highest BCUT2D eigenvalue weighted by molar-refractivity contribution is 6.01. The summed E-state index contributed by atoms with van der Waals surface area (Å²) in [4.78, 5) is 20.8. The molecule has 134 valence electrons. The van der Waals surface area contributed by atoms with Crippen molar-refractivity contribution in [3.05, 3.63) is 75.5 Å². The van der Waals surface area contributed by atoms with Crippen molar-refractivity contribution < 1.29 is 9.21 Å². The molecule has 0 aliphatic carbocycles. The Labute approximate surface area is 153 Å². The Morgan fingerprint density at radius 3 is 2.19 bits per heavy atom. The topological polar surface area (TPSA) is 68.0 Å². The molecule has 0 radical (unpaired) electrons. The monoisotopic (exact) mass is 349 g/mol. The van der Waals surface area contributed by atoms with Crippen molar-refractivity contribution in [2.75, 3.05) is 5.32 Å². The standard InChI is InChI=1S/C21H23N3O2/c1-12-8-13(2)18(14(3)9-12)11-17-6-7-19(26-17)20(25)24-21-22-15(4)10-16(5)23-21/h6-10H,11H2,1-5H3,(H,22,23,24,25). The number of benzene rings is 1. The van der Waals surface area contributed by atoms with Crippen molar-refractivity contribution in [1.82, 2.24) is 9.97 Å². The van der Waals surface area contributed by atoms with Crippen molar-refractivity contribution in [2.45, 2.75) is 41.0 Å². The third-order valence-electron chi connectivity index (χ3n) is 4.28. The lowest BCUT2D eigenvalue weighted by Gasteiger charge is -2.10. The van der Waals surface area contributed by atoms with E-state index in [1.807, 2.05) is 26.0 Å². The molecule has 26 heavy (non-hydrogen) atoms. The molecule has 3 rings (SSSR count). The number of rotatable bonds is 4. The number of carbonyl (C=O) groups is 1. The number of furan rings is 1. The molecule has 0 fully saturated rings. The fraction of sp³-hybridized carbons (Fsp3) is 0.286. The maximum atomic E-state index is 12.4. The van der Waals surface area contributed by atoms with Gasteiger partial charge in [0, 0.05) is 17.8 Å². The lowest BCUT2D eigenvalue weighted by Crippen LogP contribution is -2.14. The van der Waals surface area contributed by atoms with E-state index in [0.29, 0.717) is 6.42 Å². The lowest BCUT2D eigenvalue weighted by molar-refractivity contribution is 0.0994. The molecule has 0 saturated heterocycles. The molecular formula is C21H23N3O2. The van der Waals surface area contributed by atoms with E-state index in [4.69, 9.17) is 4.42 Å². The molecule has 0 aliphatic heterocycles. The molecule has 0 bridgehead atoms. The maximum absolute atomic E-state index is 12.4. The first-order chi connectivity index (χ1) is 12.3. The van der Waals surface area contributed by atoms with Crippen molar-refractivity contribution in [2.24, 2.45) is 0 Å². The highest BCUT2D eigenvalue weighted by Crippen LogP contribution is 2.21. The second-order valence-corrected chi connectivity index (χ2v) is 6.75. The third kappa shape index (κ3) is 3.99. The molecule has 1 amide bonds. The number of nitrogens with zero attached hydrogens (tertiary/aromatic N) is 2. The maximum Gasteiger partial charge on any atom is 0.293 e. The molecule has 5 heteroatoms. The van der Waals surface area contributed by atoms with Gasteiger partial charge in [0.2, 0.25) is 5.95 Å². The van der Waals surface area contributed by atoms with Gasteiger partial charge in [-0.15, -0.1) is 0 Å². The Hall–Kier alpha value is -2.95. The largest absolute Gasteiger partial charge is 0.456 e. The van der Waals surface area contributed by atoms with E-state index in [-0.39, 0.29) is 17.6 Å². The first kappa shape index (κ1) is 17.9. The third-order valence-corrected chi connectivity index (χ3v) is 4.28. The van der Waals surface area contributed by atoms with Crippen LogP contribution >= 0.6 is 0 Å². The lowest BCUT2D eigenvalue weighted by atomic mass is 9.97. The first-order valence-corrected chi connectivity index (χ1v) is 8.61. The van der Waals surface area contributed by atoms with E-state index >= 15 is 0 Å². The number of carbonyl (C=O) groups excluding carboxylic acids is 1. The molecular weight excluding hydrogens is 326 g/mol. The van der Waals surface area contributed by atoms with Crippen molar-refractivity contribution >= 4 is 11.9 Å². The molecule has 0 unspecified atom stereocenters. The molecule has 1 N–H and O–H groups in total. The molecule has 0 saturated carbocycles. The van der Waals surface area contributed by atoms with E-state index in [2.05, 4.69) is 48.2 Å². The van der Waals surface area contributed by atoms with Crippen LogP contribution < -0.4 is 5.32 Å². The predicted octanol–water partition coefficient (Wildman–Crippen LogP) is 4.45. The molecule has 2 heterocycles. The van der Waals surface area contributed by atoms with E-state index in [1.165, 1.54) is 22.3 Å². The summed E-state index contributed by atoms with van der Waals surface area (Å²) in [5, 5.41) is 2.69. The van der Waals surface area contributed by atoms with Crippen LogP contribution in [-0.4, -0.2) is 15.9 Å². The van der Waals surface area contributed by atoms with Crippen LogP contribution in [0.1, 0.15) is 50.0 Å². The second-order valence-electron chi connectivity index (χ2n) is 6.75. The molecule has 0 spiro atoms. The zero-order chi connectivity index (χ0) is 18.8. The zero-order valence-corrected chi connectivity index (χ0v) is 15.8. The van der Waals surface area contributed by atoms with E-state index in [9.17, 15) is 4.79 Å².